The number of ether oxygens (including phenoxy) is 2. The number of anilines is 1. The molecule has 2 N–H and O–H groups in total. The van der Waals surface area contributed by atoms with Crippen molar-refractivity contribution < 1.29 is 19.4 Å². The predicted molar refractivity (Wildman–Crippen MR) is 105 cm³/mol. The summed E-state index contributed by atoms with van der Waals surface area (Å²) in [4.78, 5) is 12.5. The molecule has 7 nitrogen and oxygen atoms in total. The fourth-order valence-corrected chi connectivity index (χ4v) is 3.62. The van der Waals surface area contributed by atoms with Gasteiger partial charge in [0.15, 0.2) is 11.5 Å². The normalized spacial score (nSPS) is 15.7. The van der Waals surface area contributed by atoms with Crippen molar-refractivity contribution in [2.24, 2.45) is 0 Å². The zero-order valence-corrected chi connectivity index (χ0v) is 15.9. The van der Waals surface area contributed by atoms with Gasteiger partial charge in [0.2, 0.25) is 11.7 Å². The number of carbonyl (C=O) groups is 1. The van der Waals surface area contributed by atoms with Crippen LogP contribution in [0, 0.1) is 6.92 Å². The highest BCUT2D eigenvalue weighted by Gasteiger charge is 2.31. The van der Waals surface area contributed by atoms with E-state index in [4.69, 9.17) is 9.47 Å². The first-order valence-corrected chi connectivity index (χ1v) is 8.92. The van der Waals surface area contributed by atoms with Crippen LogP contribution in [0.2, 0.25) is 0 Å². The number of phenolic OH excluding ortho intramolecular Hbond substituents is 1. The number of aromatic hydroxyl groups is 1. The molecule has 0 aliphatic carbocycles. The average Bonchev–Trinajstić information content (AvgIpc) is 3.11. The Morgan fingerprint density at radius 2 is 1.86 bits per heavy atom. The number of para-hydroxylation sites is 1. The van der Waals surface area contributed by atoms with E-state index in [1.165, 1.54) is 14.2 Å². The summed E-state index contributed by atoms with van der Waals surface area (Å²) >= 11 is 0. The summed E-state index contributed by atoms with van der Waals surface area (Å²) in [5.41, 5.74) is 3.67. The number of fused-ring (bicyclic) bond motifs is 1. The summed E-state index contributed by atoms with van der Waals surface area (Å²) in [6.45, 7) is 2.00. The molecule has 2 aromatic carbocycles. The van der Waals surface area contributed by atoms with Crippen molar-refractivity contribution >= 4 is 11.7 Å². The number of methoxy groups -OCH3 is 2. The van der Waals surface area contributed by atoms with Crippen LogP contribution in [0.5, 0.6) is 17.2 Å². The summed E-state index contributed by atoms with van der Waals surface area (Å²) in [5.74, 6) is 0.858. The molecule has 0 bridgehead atoms. The van der Waals surface area contributed by atoms with Crippen molar-refractivity contribution in [2.75, 3.05) is 19.5 Å². The molecule has 144 valence electrons. The minimum atomic E-state index is -0.232. The molecule has 0 fully saturated rings. The topological polar surface area (TPSA) is 85.6 Å². The zero-order chi connectivity index (χ0) is 19.8. The molecule has 1 unspecified atom stereocenters. The molecule has 4 rings (SSSR count). The smallest absolute Gasteiger partial charge is 0.226 e. The number of carbonyl (C=O) groups excluding carboxylic acids is 1. The summed E-state index contributed by atoms with van der Waals surface area (Å²) in [7, 11) is 2.96. The second-order valence-corrected chi connectivity index (χ2v) is 6.73. The monoisotopic (exact) mass is 379 g/mol. The number of aryl methyl sites for hydroxylation is 1. The van der Waals surface area contributed by atoms with Gasteiger partial charge in [0.1, 0.15) is 5.82 Å². The van der Waals surface area contributed by atoms with E-state index in [-0.39, 0.29) is 24.0 Å². The molecule has 1 aliphatic rings. The SMILES string of the molecule is COc1cc(C2CC(=O)Nc3c2cnn3-c2ccccc2C)cc(OC)c1O. The van der Waals surface area contributed by atoms with Crippen LogP contribution in [-0.4, -0.2) is 35.0 Å². The molecule has 0 saturated carbocycles. The van der Waals surface area contributed by atoms with Crippen LogP contribution in [0.3, 0.4) is 0 Å². The number of hydrogen-bond acceptors (Lipinski definition) is 5. The number of hydrogen-bond donors (Lipinski definition) is 2. The van der Waals surface area contributed by atoms with Crippen LogP contribution in [0.15, 0.2) is 42.6 Å². The third kappa shape index (κ3) is 2.85. The summed E-state index contributed by atoms with van der Waals surface area (Å²) in [6, 6.07) is 11.3. The lowest BCUT2D eigenvalue weighted by Gasteiger charge is -2.25. The van der Waals surface area contributed by atoms with E-state index in [0.29, 0.717) is 17.3 Å². The molecule has 1 amide bonds. The summed E-state index contributed by atoms with van der Waals surface area (Å²) in [5, 5.41) is 17.7. The lowest BCUT2D eigenvalue weighted by molar-refractivity contribution is -0.116. The Bertz CT molecular complexity index is 1030. The Morgan fingerprint density at radius 3 is 2.50 bits per heavy atom. The molecule has 1 aromatic heterocycles. The summed E-state index contributed by atoms with van der Waals surface area (Å²) < 4.78 is 12.3. The van der Waals surface area contributed by atoms with Crippen molar-refractivity contribution in [3.05, 3.63) is 59.3 Å². The molecular weight excluding hydrogens is 358 g/mol. The predicted octanol–water partition coefficient (Wildman–Crippen LogP) is 3.38. The maximum absolute atomic E-state index is 12.5. The Kier molecular flexibility index (Phi) is 4.43. The van der Waals surface area contributed by atoms with Crippen molar-refractivity contribution in [2.45, 2.75) is 19.3 Å². The zero-order valence-electron chi connectivity index (χ0n) is 15.9. The lowest BCUT2D eigenvalue weighted by atomic mass is 9.87. The first-order valence-electron chi connectivity index (χ1n) is 8.92. The van der Waals surface area contributed by atoms with Gasteiger partial charge in [0.05, 0.1) is 26.1 Å². The van der Waals surface area contributed by atoms with E-state index in [9.17, 15) is 9.90 Å². The Balaban J connectivity index is 1.85. The highest BCUT2D eigenvalue weighted by Crippen LogP contribution is 2.44. The van der Waals surface area contributed by atoms with E-state index in [0.717, 1.165) is 22.4 Å². The molecule has 0 saturated heterocycles. The largest absolute Gasteiger partial charge is 0.502 e. The third-order valence-electron chi connectivity index (χ3n) is 5.07. The number of nitrogens with zero attached hydrogens (tertiary/aromatic N) is 2. The van der Waals surface area contributed by atoms with Crippen LogP contribution < -0.4 is 14.8 Å². The van der Waals surface area contributed by atoms with E-state index in [2.05, 4.69) is 10.4 Å². The van der Waals surface area contributed by atoms with Crippen molar-refractivity contribution in [1.82, 2.24) is 9.78 Å². The number of rotatable bonds is 4. The first-order chi connectivity index (χ1) is 13.5. The maximum atomic E-state index is 12.5. The van der Waals surface area contributed by atoms with Gasteiger partial charge < -0.3 is 19.9 Å². The third-order valence-corrected chi connectivity index (χ3v) is 5.07. The van der Waals surface area contributed by atoms with Gasteiger partial charge >= 0.3 is 0 Å². The first kappa shape index (κ1) is 17.9. The molecule has 28 heavy (non-hydrogen) atoms. The van der Waals surface area contributed by atoms with Gasteiger partial charge in [-0.25, -0.2) is 4.68 Å². The highest BCUT2D eigenvalue weighted by atomic mass is 16.5. The minimum absolute atomic E-state index is 0.0650. The quantitative estimate of drug-likeness (QED) is 0.726. The van der Waals surface area contributed by atoms with Gasteiger partial charge in [0.25, 0.3) is 0 Å². The minimum Gasteiger partial charge on any atom is -0.502 e. The van der Waals surface area contributed by atoms with Gasteiger partial charge in [-0.15, -0.1) is 0 Å². The Morgan fingerprint density at radius 1 is 1.18 bits per heavy atom. The van der Waals surface area contributed by atoms with Gasteiger partial charge in [0, 0.05) is 17.9 Å². The number of benzene rings is 2. The number of aromatic nitrogens is 2. The second kappa shape index (κ2) is 6.92. The van der Waals surface area contributed by atoms with Crippen LogP contribution in [0.4, 0.5) is 5.82 Å². The average molecular weight is 379 g/mol. The highest BCUT2D eigenvalue weighted by molar-refractivity contribution is 5.94. The van der Waals surface area contributed by atoms with Crippen LogP contribution in [-0.2, 0) is 4.79 Å². The maximum Gasteiger partial charge on any atom is 0.226 e. The fourth-order valence-electron chi connectivity index (χ4n) is 3.62. The van der Waals surface area contributed by atoms with Crippen LogP contribution in [0.1, 0.15) is 29.0 Å². The van der Waals surface area contributed by atoms with E-state index >= 15 is 0 Å². The van der Waals surface area contributed by atoms with Gasteiger partial charge in [-0.3, -0.25) is 4.79 Å². The molecular formula is C21H21N3O4. The van der Waals surface area contributed by atoms with Crippen LogP contribution in [0.25, 0.3) is 5.69 Å². The van der Waals surface area contributed by atoms with Gasteiger partial charge in [-0.2, -0.15) is 5.10 Å². The fraction of sp³-hybridized carbons (Fsp3) is 0.238. The summed E-state index contributed by atoms with van der Waals surface area (Å²) in [6.07, 6.45) is 2.04. The molecule has 3 aromatic rings. The van der Waals surface area contributed by atoms with E-state index < -0.39 is 0 Å². The van der Waals surface area contributed by atoms with Gasteiger partial charge in [-0.05, 0) is 36.2 Å². The number of amides is 1. The van der Waals surface area contributed by atoms with E-state index in [1.54, 1.807) is 23.0 Å². The molecule has 0 radical (unpaired) electrons. The van der Waals surface area contributed by atoms with Crippen molar-refractivity contribution in [3.8, 4) is 22.9 Å². The standard InChI is InChI=1S/C21H21N3O4/c1-12-6-4-5-7-16(12)24-21-15(11-22-24)14(10-19(25)23-21)13-8-17(27-2)20(26)18(9-13)28-3/h4-9,11,14,26H,10H2,1-3H3,(H,23,25). The molecule has 7 heteroatoms. The second-order valence-electron chi connectivity index (χ2n) is 6.73. The Hall–Kier alpha value is -3.48. The van der Waals surface area contributed by atoms with Gasteiger partial charge in [-0.1, -0.05) is 18.2 Å². The lowest BCUT2D eigenvalue weighted by Crippen LogP contribution is -2.24. The van der Waals surface area contributed by atoms with Crippen molar-refractivity contribution in [3.63, 3.8) is 0 Å². The number of phenols is 1. The molecule has 1 atom stereocenters. The van der Waals surface area contributed by atoms with Crippen molar-refractivity contribution in [1.29, 1.82) is 0 Å². The molecule has 2 heterocycles. The Labute approximate surface area is 162 Å². The molecule has 1 aliphatic heterocycles. The van der Waals surface area contributed by atoms with Crippen LogP contribution >= 0.6 is 0 Å². The number of nitrogens with one attached hydrogen (secondary N) is 1. The molecule has 0 spiro atoms. The van der Waals surface area contributed by atoms with E-state index in [1.807, 2.05) is 31.2 Å².